The van der Waals surface area contributed by atoms with Crippen molar-refractivity contribution in [2.24, 2.45) is 0 Å². The van der Waals surface area contributed by atoms with E-state index in [1.807, 2.05) is 12.1 Å². The van der Waals surface area contributed by atoms with Crippen molar-refractivity contribution in [1.29, 1.82) is 0 Å². The van der Waals surface area contributed by atoms with Crippen molar-refractivity contribution in [3.63, 3.8) is 0 Å². The molecule has 0 aliphatic rings. The number of aliphatic hydroxyl groups excluding tert-OH is 1. The van der Waals surface area contributed by atoms with Gasteiger partial charge in [-0.15, -0.1) is 0 Å². The molecule has 2 atom stereocenters. The molecule has 0 saturated carbocycles. The summed E-state index contributed by atoms with van der Waals surface area (Å²) in [7, 11) is 0. The molecule has 2 nitrogen and oxygen atoms in total. The zero-order valence-electron chi connectivity index (χ0n) is 18.5. The van der Waals surface area contributed by atoms with Crippen molar-refractivity contribution in [2.45, 2.75) is 57.2 Å². The van der Waals surface area contributed by atoms with Crippen molar-refractivity contribution in [2.75, 3.05) is 13.2 Å². The number of alkyl halides is 3. The Labute approximate surface area is 188 Å². The summed E-state index contributed by atoms with van der Waals surface area (Å²) in [6, 6.07) is 20.4. The predicted molar refractivity (Wildman–Crippen MR) is 125 cm³/mol. The third-order valence-electron chi connectivity index (χ3n) is 6.13. The first-order chi connectivity index (χ1) is 15.4. The Morgan fingerprint density at radius 3 is 2.41 bits per heavy atom. The summed E-state index contributed by atoms with van der Waals surface area (Å²) in [5.74, 6) is 0.0446. The Morgan fingerprint density at radius 1 is 0.875 bits per heavy atom. The van der Waals surface area contributed by atoms with Gasteiger partial charge in [0.2, 0.25) is 0 Å². The lowest BCUT2D eigenvalue weighted by molar-refractivity contribution is -0.137. The van der Waals surface area contributed by atoms with E-state index in [4.69, 9.17) is 5.11 Å². The van der Waals surface area contributed by atoms with Crippen LogP contribution in [0.2, 0.25) is 0 Å². The van der Waals surface area contributed by atoms with Gasteiger partial charge < -0.3 is 10.4 Å². The lowest BCUT2D eigenvalue weighted by Gasteiger charge is -2.22. The monoisotopic (exact) mass is 443 g/mol. The molecule has 0 bridgehead atoms. The van der Waals surface area contributed by atoms with Crippen LogP contribution in [0.5, 0.6) is 0 Å². The van der Waals surface area contributed by atoms with Gasteiger partial charge in [0, 0.05) is 12.6 Å². The SMILES string of the molecule is CC(NCCC(CCCCCO)c1cccc(C(F)(F)F)c1)c1cccc2ccccc12. The largest absolute Gasteiger partial charge is 0.416 e. The Kier molecular flexibility index (Phi) is 8.71. The van der Waals surface area contributed by atoms with Crippen LogP contribution in [0.1, 0.15) is 67.7 Å². The summed E-state index contributed by atoms with van der Waals surface area (Å²) in [5.41, 5.74) is 1.37. The van der Waals surface area contributed by atoms with Crippen LogP contribution in [0.4, 0.5) is 13.2 Å². The van der Waals surface area contributed by atoms with Crippen LogP contribution in [0.15, 0.2) is 66.7 Å². The summed E-state index contributed by atoms with van der Waals surface area (Å²) < 4.78 is 39.7. The third kappa shape index (κ3) is 6.57. The number of rotatable bonds is 11. The van der Waals surface area contributed by atoms with Gasteiger partial charge in [-0.3, -0.25) is 0 Å². The van der Waals surface area contributed by atoms with Crippen LogP contribution in [-0.2, 0) is 6.18 Å². The quantitative estimate of drug-likeness (QED) is 0.306. The highest BCUT2D eigenvalue weighted by molar-refractivity contribution is 5.86. The van der Waals surface area contributed by atoms with Crippen LogP contribution in [-0.4, -0.2) is 18.3 Å². The van der Waals surface area contributed by atoms with Gasteiger partial charge >= 0.3 is 6.18 Å². The van der Waals surface area contributed by atoms with E-state index in [-0.39, 0.29) is 18.6 Å². The molecule has 0 spiro atoms. The van der Waals surface area contributed by atoms with Gasteiger partial charge in [0.25, 0.3) is 0 Å². The second-order valence-electron chi connectivity index (χ2n) is 8.43. The Morgan fingerprint density at radius 2 is 1.62 bits per heavy atom. The average molecular weight is 444 g/mol. The summed E-state index contributed by atoms with van der Waals surface area (Å²) >= 11 is 0. The van der Waals surface area contributed by atoms with Gasteiger partial charge in [-0.1, -0.05) is 73.5 Å². The minimum Gasteiger partial charge on any atom is -0.396 e. The minimum absolute atomic E-state index is 0.0446. The van der Waals surface area contributed by atoms with E-state index in [0.717, 1.165) is 43.7 Å². The van der Waals surface area contributed by atoms with E-state index >= 15 is 0 Å². The molecule has 32 heavy (non-hydrogen) atoms. The number of halogens is 3. The third-order valence-corrected chi connectivity index (χ3v) is 6.13. The first-order valence-electron chi connectivity index (χ1n) is 11.4. The van der Waals surface area contributed by atoms with Crippen molar-refractivity contribution < 1.29 is 18.3 Å². The smallest absolute Gasteiger partial charge is 0.396 e. The van der Waals surface area contributed by atoms with Crippen LogP contribution in [0.25, 0.3) is 10.8 Å². The molecule has 0 saturated heterocycles. The lowest BCUT2D eigenvalue weighted by Crippen LogP contribution is -2.22. The van der Waals surface area contributed by atoms with Crippen molar-refractivity contribution in [3.8, 4) is 0 Å². The maximum Gasteiger partial charge on any atom is 0.416 e. The zero-order valence-corrected chi connectivity index (χ0v) is 18.5. The van der Waals surface area contributed by atoms with E-state index in [0.29, 0.717) is 6.54 Å². The number of nitrogens with one attached hydrogen (secondary N) is 1. The Bertz CT molecular complexity index is 981. The maximum atomic E-state index is 13.2. The molecule has 0 aromatic heterocycles. The van der Waals surface area contributed by atoms with Crippen molar-refractivity contribution in [1.82, 2.24) is 5.32 Å². The number of unbranched alkanes of at least 4 members (excludes halogenated alkanes) is 2. The minimum atomic E-state index is -4.33. The molecule has 0 aliphatic carbocycles. The second kappa shape index (κ2) is 11.5. The normalized spacial score (nSPS) is 13.9. The van der Waals surface area contributed by atoms with Crippen LogP contribution in [0.3, 0.4) is 0 Å². The highest BCUT2D eigenvalue weighted by Crippen LogP contribution is 2.33. The first-order valence-corrected chi connectivity index (χ1v) is 11.4. The zero-order chi connectivity index (χ0) is 23.0. The highest BCUT2D eigenvalue weighted by atomic mass is 19.4. The van der Waals surface area contributed by atoms with Gasteiger partial charge in [0.05, 0.1) is 5.56 Å². The van der Waals surface area contributed by atoms with Gasteiger partial charge in [0.1, 0.15) is 0 Å². The topological polar surface area (TPSA) is 32.3 Å². The highest BCUT2D eigenvalue weighted by Gasteiger charge is 2.31. The molecule has 3 aromatic carbocycles. The summed E-state index contributed by atoms with van der Waals surface area (Å²) in [6.45, 7) is 2.99. The van der Waals surface area contributed by atoms with Crippen LogP contribution in [0, 0.1) is 0 Å². The number of fused-ring (bicyclic) bond motifs is 1. The standard InChI is InChI=1S/C27H32F3NO/c1-20(25-15-8-11-22-10-4-5-14-26(22)25)31-17-16-21(9-3-2-6-18-32)23-12-7-13-24(19-23)27(28,29)30/h4-5,7-8,10-15,19-21,31-32H,2-3,6,9,16-18H2,1H3. The molecule has 0 radical (unpaired) electrons. The Balaban J connectivity index is 1.68. The average Bonchev–Trinajstić information content (AvgIpc) is 2.79. The summed E-state index contributed by atoms with van der Waals surface area (Å²) in [6.07, 6.45) is -0.266. The molecule has 0 fully saturated rings. The van der Waals surface area contributed by atoms with E-state index < -0.39 is 11.7 Å². The summed E-state index contributed by atoms with van der Waals surface area (Å²) in [4.78, 5) is 0. The molecule has 172 valence electrons. The van der Waals surface area contributed by atoms with E-state index in [1.165, 1.54) is 28.5 Å². The van der Waals surface area contributed by atoms with Gasteiger partial charge in [-0.2, -0.15) is 13.2 Å². The molecule has 3 aromatic rings. The van der Waals surface area contributed by atoms with E-state index in [1.54, 1.807) is 6.07 Å². The maximum absolute atomic E-state index is 13.2. The number of hydrogen-bond donors (Lipinski definition) is 2. The fourth-order valence-electron chi connectivity index (χ4n) is 4.34. The van der Waals surface area contributed by atoms with Gasteiger partial charge in [-0.25, -0.2) is 0 Å². The van der Waals surface area contributed by atoms with Crippen LogP contribution < -0.4 is 5.32 Å². The lowest BCUT2D eigenvalue weighted by atomic mass is 9.89. The molecular formula is C27H32F3NO. The molecule has 0 amide bonds. The predicted octanol–water partition coefficient (Wildman–Crippen LogP) is 7.24. The fraction of sp³-hybridized carbons (Fsp3) is 0.407. The first kappa shape index (κ1) is 24.3. The van der Waals surface area contributed by atoms with Crippen molar-refractivity contribution in [3.05, 3.63) is 83.4 Å². The molecule has 3 rings (SSSR count). The second-order valence-corrected chi connectivity index (χ2v) is 8.43. The van der Waals surface area contributed by atoms with Gasteiger partial charge in [0.15, 0.2) is 0 Å². The molecule has 5 heteroatoms. The van der Waals surface area contributed by atoms with Crippen molar-refractivity contribution >= 4 is 10.8 Å². The van der Waals surface area contributed by atoms with E-state index in [9.17, 15) is 13.2 Å². The van der Waals surface area contributed by atoms with Gasteiger partial charge in [-0.05, 0) is 66.6 Å². The van der Waals surface area contributed by atoms with E-state index in [2.05, 4.69) is 42.6 Å². The number of hydrogen-bond acceptors (Lipinski definition) is 2. The molecule has 0 heterocycles. The molecule has 2 unspecified atom stereocenters. The number of aliphatic hydroxyl groups is 1. The van der Waals surface area contributed by atoms with Crippen LogP contribution >= 0.6 is 0 Å². The fourth-order valence-corrected chi connectivity index (χ4v) is 4.34. The molecule has 2 N–H and O–H groups in total. The number of benzene rings is 3. The molecular weight excluding hydrogens is 411 g/mol. The molecule has 0 aliphatic heterocycles. The Hall–Kier alpha value is -2.37. The summed E-state index contributed by atoms with van der Waals surface area (Å²) in [5, 5.41) is 15.0.